The molecule has 0 spiro atoms. The number of terminal acetylenes is 1. The van der Waals surface area contributed by atoms with E-state index in [1.54, 1.807) is 7.11 Å². The molecule has 0 saturated carbocycles. The largest absolute Gasteiger partial charge is 0.493 e. The van der Waals surface area contributed by atoms with Crippen LogP contribution in [-0.2, 0) is 6.54 Å². The first kappa shape index (κ1) is 16.9. The third-order valence-corrected chi connectivity index (χ3v) is 2.41. The zero-order chi connectivity index (χ0) is 12.7. The molecule has 3 nitrogen and oxygen atoms in total. The molecule has 0 fully saturated rings. The predicted octanol–water partition coefficient (Wildman–Crippen LogP) is 2.89. The molecule has 1 N–H and O–H groups in total. The second kappa shape index (κ2) is 8.93. The van der Waals surface area contributed by atoms with Crippen molar-refractivity contribution in [1.29, 1.82) is 0 Å². The second-order valence-corrected chi connectivity index (χ2v) is 3.76. The maximum absolute atomic E-state index is 6.13. The Balaban J connectivity index is 0.00000289. The number of rotatable bonds is 6. The summed E-state index contributed by atoms with van der Waals surface area (Å²) >= 11 is 6.13. The van der Waals surface area contributed by atoms with Crippen LogP contribution in [0.15, 0.2) is 12.1 Å². The van der Waals surface area contributed by atoms with Crippen molar-refractivity contribution < 1.29 is 9.47 Å². The van der Waals surface area contributed by atoms with Gasteiger partial charge >= 0.3 is 0 Å². The minimum atomic E-state index is 0. The molecule has 0 unspecified atom stereocenters. The molecular formula is C13H17Cl2NO2. The lowest BCUT2D eigenvalue weighted by Gasteiger charge is -2.13. The van der Waals surface area contributed by atoms with Crippen LogP contribution in [-0.4, -0.2) is 20.3 Å². The zero-order valence-corrected chi connectivity index (χ0v) is 12.0. The Morgan fingerprint density at radius 1 is 1.44 bits per heavy atom. The van der Waals surface area contributed by atoms with Crippen molar-refractivity contribution in [3.8, 4) is 23.8 Å². The molecule has 0 aliphatic rings. The number of benzene rings is 1. The minimum Gasteiger partial charge on any atom is -0.493 e. The van der Waals surface area contributed by atoms with Crippen LogP contribution in [0.3, 0.4) is 0 Å². The van der Waals surface area contributed by atoms with E-state index in [-0.39, 0.29) is 12.4 Å². The molecule has 1 aromatic carbocycles. The average molecular weight is 290 g/mol. The van der Waals surface area contributed by atoms with Crippen molar-refractivity contribution in [2.75, 3.05) is 20.3 Å². The molecule has 1 aromatic rings. The lowest BCUT2D eigenvalue weighted by Crippen LogP contribution is -2.13. The lowest BCUT2D eigenvalue weighted by atomic mass is 10.2. The van der Waals surface area contributed by atoms with Gasteiger partial charge in [-0.15, -0.1) is 18.8 Å². The summed E-state index contributed by atoms with van der Waals surface area (Å²) in [6.45, 7) is 3.61. The molecule has 0 radical (unpaired) electrons. The van der Waals surface area contributed by atoms with Gasteiger partial charge in [0.1, 0.15) is 0 Å². The van der Waals surface area contributed by atoms with Crippen LogP contribution in [0, 0.1) is 12.3 Å². The number of hydrogen-bond donors (Lipinski definition) is 1. The molecule has 1 rings (SSSR count). The van der Waals surface area contributed by atoms with Crippen LogP contribution < -0.4 is 14.8 Å². The van der Waals surface area contributed by atoms with Crippen LogP contribution in [0.5, 0.6) is 11.5 Å². The van der Waals surface area contributed by atoms with Crippen molar-refractivity contribution in [3.05, 3.63) is 22.7 Å². The summed E-state index contributed by atoms with van der Waals surface area (Å²) < 4.78 is 10.7. The van der Waals surface area contributed by atoms with Gasteiger partial charge in [-0.1, -0.05) is 17.5 Å². The molecule has 0 amide bonds. The summed E-state index contributed by atoms with van der Waals surface area (Å²) in [7, 11) is 1.59. The van der Waals surface area contributed by atoms with E-state index >= 15 is 0 Å². The van der Waals surface area contributed by atoms with E-state index in [0.717, 1.165) is 5.56 Å². The maximum atomic E-state index is 6.13. The Morgan fingerprint density at radius 2 is 2.17 bits per heavy atom. The SMILES string of the molecule is C#CCNCc1cc(Cl)c(OCC)c(OC)c1.Cl. The van der Waals surface area contributed by atoms with Gasteiger partial charge in [-0.25, -0.2) is 0 Å². The van der Waals surface area contributed by atoms with Crippen molar-refractivity contribution in [2.45, 2.75) is 13.5 Å². The fourth-order valence-electron chi connectivity index (χ4n) is 1.44. The quantitative estimate of drug-likeness (QED) is 0.645. The van der Waals surface area contributed by atoms with Gasteiger partial charge in [0.2, 0.25) is 0 Å². The molecule has 0 bridgehead atoms. The van der Waals surface area contributed by atoms with E-state index in [4.69, 9.17) is 27.5 Å². The summed E-state index contributed by atoms with van der Waals surface area (Å²) in [5, 5.41) is 3.64. The summed E-state index contributed by atoms with van der Waals surface area (Å²) in [4.78, 5) is 0. The molecule has 0 aromatic heterocycles. The second-order valence-electron chi connectivity index (χ2n) is 3.35. The number of hydrogen-bond acceptors (Lipinski definition) is 3. The molecule has 0 aliphatic heterocycles. The minimum absolute atomic E-state index is 0. The standard InChI is InChI=1S/C13H16ClNO2.ClH/c1-4-6-15-9-10-7-11(14)13(17-5-2)12(8-10)16-3;/h1,7-8,15H,5-6,9H2,2-3H3;1H. The molecule has 0 atom stereocenters. The highest BCUT2D eigenvalue weighted by Gasteiger charge is 2.11. The number of ether oxygens (including phenoxy) is 2. The van der Waals surface area contributed by atoms with Gasteiger partial charge in [-0.05, 0) is 24.6 Å². The highest BCUT2D eigenvalue weighted by atomic mass is 35.5. The fraction of sp³-hybridized carbons (Fsp3) is 0.385. The van der Waals surface area contributed by atoms with Crippen LogP contribution in [0.2, 0.25) is 5.02 Å². The van der Waals surface area contributed by atoms with Gasteiger partial charge < -0.3 is 14.8 Å². The summed E-state index contributed by atoms with van der Waals surface area (Å²) in [6.07, 6.45) is 5.16. The summed E-state index contributed by atoms with van der Waals surface area (Å²) in [5.41, 5.74) is 1.01. The predicted molar refractivity (Wildman–Crippen MR) is 77.0 cm³/mol. The maximum Gasteiger partial charge on any atom is 0.179 e. The van der Waals surface area contributed by atoms with Crippen molar-refractivity contribution >= 4 is 24.0 Å². The van der Waals surface area contributed by atoms with Gasteiger partial charge in [0.25, 0.3) is 0 Å². The number of nitrogens with one attached hydrogen (secondary N) is 1. The normalized spacial score (nSPS) is 9.22. The van der Waals surface area contributed by atoms with E-state index in [9.17, 15) is 0 Å². The van der Waals surface area contributed by atoms with Crippen LogP contribution in [0.25, 0.3) is 0 Å². The molecule has 0 aliphatic carbocycles. The van der Waals surface area contributed by atoms with E-state index in [1.165, 1.54) is 0 Å². The highest BCUT2D eigenvalue weighted by Crippen LogP contribution is 2.36. The molecule has 0 heterocycles. The fourth-order valence-corrected chi connectivity index (χ4v) is 1.73. The third-order valence-electron chi connectivity index (χ3n) is 2.13. The van der Waals surface area contributed by atoms with Crippen LogP contribution in [0.1, 0.15) is 12.5 Å². The summed E-state index contributed by atoms with van der Waals surface area (Å²) in [5.74, 6) is 3.73. The van der Waals surface area contributed by atoms with E-state index in [0.29, 0.717) is 36.2 Å². The number of methoxy groups -OCH3 is 1. The van der Waals surface area contributed by atoms with Crippen LogP contribution in [0.4, 0.5) is 0 Å². The summed E-state index contributed by atoms with van der Waals surface area (Å²) in [6, 6.07) is 3.74. The Morgan fingerprint density at radius 3 is 2.72 bits per heavy atom. The first-order chi connectivity index (χ1) is 8.22. The molecular weight excluding hydrogens is 273 g/mol. The van der Waals surface area contributed by atoms with Crippen molar-refractivity contribution in [1.82, 2.24) is 5.32 Å². The van der Waals surface area contributed by atoms with Gasteiger partial charge in [0.05, 0.1) is 25.3 Å². The Kier molecular flexibility index (Phi) is 8.40. The highest BCUT2D eigenvalue weighted by molar-refractivity contribution is 6.32. The Hall–Kier alpha value is -1.08. The first-order valence-electron chi connectivity index (χ1n) is 5.36. The average Bonchev–Trinajstić information content (AvgIpc) is 2.32. The lowest BCUT2D eigenvalue weighted by molar-refractivity contribution is 0.311. The first-order valence-corrected chi connectivity index (χ1v) is 5.74. The molecule has 0 saturated heterocycles. The van der Waals surface area contributed by atoms with Gasteiger partial charge in [-0.3, -0.25) is 0 Å². The topological polar surface area (TPSA) is 30.5 Å². The van der Waals surface area contributed by atoms with E-state index in [1.807, 2.05) is 19.1 Å². The number of halogens is 2. The molecule has 100 valence electrons. The van der Waals surface area contributed by atoms with Gasteiger partial charge in [-0.2, -0.15) is 0 Å². The third kappa shape index (κ3) is 4.66. The molecule has 18 heavy (non-hydrogen) atoms. The monoisotopic (exact) mass is 289 g/mol. The van der Waals surface area contributed by atoms with Crippen molar-refractivity contribution in [3.63, 3.8) is 0 Å². The van der Waals surface area contributed by atoms with Gasteiger partial charge in [0.15, 0.2) is 11.5 Å². The van der Waals surface area contributed by atoms with E-state index < -0.39 is 0 Å². The Bertz CT molecular complexity index is 416. The van der Waals surface area contributed by atoms with Crippen LogP contribution >= 0.6 is 24.0 Å². The molecule has 5 heteroatoms. The zero-order valence-electron chi connectivity index (χ0n) is 10.5. The van der Waals surface area contributed by atoms with Gasteiger partial charge in [0, 0.05) is 6.54 Å². The Labute approximate surface area is 119 Å². The smallest absolute Gasteiger partial charge is 0.179 e. The van der Waals surface area contributed by atoms with Crippen molar-refractivity contribution in [2.24, 2.45) is 0 Å². The van der Waals surface area contributed by atoms with E-state index in [2.05, 4.69) is 11.2 Å².